The second kappa shape index (κ2) is 5.03. The molecule has 1 heterocycles. The molecule has 1 N–H and O–H groups in total. The Bertz CT molecular complexity index is 761. The highest BCUT2D eigenvalue weighted by Crippen LogP contribution is 2.24. The first-order valence-corrected chi connectivity index (χ1v) is 7.43. The van der Waals surface area contributed by atoms with Crippen molar-refractivity contribution < 1.29 is 8.42 Å². The third kappa shape index (κ3) is 2.62. The number of halogens is 1. The molecule has 1 aromatic heterocycles. The monoisotopic (exact) mass is 340 g/mol. The number of anilines is 1. The van der Waals surface area contributed by atoms with Gasteiger partial charge in [-0.1, -0.05) is 12.1 Å². The Balaban J connectivity index is 2.46. The second-order valence-corrected chi connectivity index (χ2v) is 6.18. The Morgan fingerprint density at radius 3 is 2.74 bits per heavy atom. The molecule has 0 radical (unpaired) electrons. The van der Waals surface area contributed by atoms with E-state index in [1.54, 1.807) is 25.2 Å². The molecule has 8 heteroatoms. The summed E-state index contributed by atoms with van der Waals surface area (Å²) in [7, 11) is -2.22. The van der Waals surface area contributed by atoms with E-state index in [-0.39, 0.29) is 16.3 Å². The summed E-state index contributed by atoms with van der Waals surface area (Å²) in [5.74, 6) is 0.137. The zero-order chi connectivity index (χ0) is 14.0. The van der Waals surface area contributed by atoms with Crippen LogP contribution >= 0.6 is 15.9 Å². The van der Waals surface area contributed by atoms with Crippen LogP contribution in [0.25, 0.3) is 0 Å². The van der Waals surface area contributed by atoms with E-state index < -0.39 is 10.0 Å². The van der Waals surface area contributed by atoms with Gasteiger partial charge in [0.15, 0.2) is 5.82 Å². The Kier molecular flexibility index (Phi) is 3.59. The van der Waals surface area contributed by atoms with Crippen molar-refractivity contribution in [3.8, 4) is 6.07 Å². The van der Waals surface area contributed by atoms with Crippen LogP contribution in [0.4, 0.5) is 5.82 Å². The van der Waals surface area contributed by atoms with E-state index in [4.69, 9.17) is 5.26 Å². The van der Waals surface area contributed by atoms with Crippen molar-refractivity contribution in [1.29, 1.82) is 5.26 Å². The lowest BCUT2D eigenvalue weighted by molar-refractivity contribution is 0.600. The van der Waals surface area contributed by atoms with Crippen LogP contribution in [0.15, 0.2) is 39.8 Å². The van der Waals surface area contributed by atoms with Gasteiger partial charge in [0, 0.05) is 11.5 Å². The lowest BCUT2D eigenvalue weighted by atomic mass is 10.4. The maximum atomic E-state index is 12.2. The van der Waals surface area contributed by atoms with Gasteiger partial charge < -0.3 is 0 Å². The van der Waals surface area contributed by atoms with Gasteiger partial charge in [-0.2, -0.15) is 10.4 Å². The van der Waals surface area contributed by atoms with Crippen molar-refractivity contribution in [2.24, 2.45) is 7.05 Å². The number of hydrogen-bond donors (Lipinski definition) is 1. The number of rotatable bonds is 3. The molecule has 0 atom stereocenters. The number of hydrogen-bond acceptors (Lipinski definition) is 4. The van der Waals surface area contributed by atoms with Crippen LogP contribution in [0.5, 0.6) is 0 Å². The molecule has 0 fully saturated rings. The maximum absolute atomic E-state index is 12.2. The number of nitriles is 1. The summed E-state index contributed by atoms with van der Waals surface area (Å²) in [6, 6.07) is 8.31. The first-order valence-electron chi connectivity index (χ1n) is 5.15. The standard InChI is InChI=1S/C11H9BrN4O2S/c1-16-11(8(6-13)7-14-16)15-19(17,18)10-5-3-2-4-9(10)12/h2-5,7,15H,1H3. The van der Waals surface area contributed by atoms with E-state index in [2.05, 4.69) is 25.8 Å². The molecule has 2 aromatic rings. The van der Waals surface area contributed by atoms with E-state index in [9.17, 15) is 8.42 Å². The fourth-order valence-corrected chi connectivity index (χ4v) is 3.60. The molecule has 0 aliphatic rings. The molecular weight excluding hydrogens is 332 g/mol. The summed E-state index contributed by atoms with van der Waals surface area (Å²) in [6.07, 6.45) is 1.30. The van der Waals surface area contributed by atoms with Crippen LogP contribution in [0.2, 0.25) is 0 Å². The maximum Gasteiger partial charge on any atom is 0.264 e. The minimum Gasteiger partial charge on any atom is -0.262 e. The summed E-state index contributed by atoms with van der Waals surface area (Å²) in [4.78, 5) is 0.0973. The summed E-state index contributed by atoms with van der Waals surface area (Å²) in [5.41, 5.74) is 0.165. The smallest absolute Gasteiger partial charge is 0.262 e. The highest BCUT2D eigenvalue weighted by Gasteiger charge is 2.20. The van der Waals surface area contributed by atoms with Crippen LogP contribution in [0.3, 0.4) is 0 Å². The molecule has 0 bridgehead atoms. The SMILES string of the molecule is Cn1ncc(C#N)c1NS(=O)(=O)c1ccccc1Br. The van der Waals surface area contributed by atoms with Crippen LogP contribution < -0.4 is 4.72 Å². The fourth-order valence-electron chi connectivity index (χ4n) is 1.49. The van der Waals surface area contributed by atoms with Gasteiger partial charge in [0.1, 0.15) is 16.5 Å². The van der Waals surface area contributed by atoms with Crippen LogP contribution in [-0.2, 0) is 17.1 Å². The van der Waals surface area contributed by atoms with Crippen LogP contribution in [-0.4, -0.2) is 18.2 Å². The highest BCUT2D eigenvalue weighted by atomic mass is 79.9. The molecule has 0 amide bonds. The topological polar surface area (TPSA) is 87.8 Å². The number of aromatic nitrogens is 2. The molecule has 98 valence electrons. The van der Waals surface area contributed by atoms with E-state index in [1.165, 1.54) is 16.9 Å². The Morgan fingerprint density at radius 2 is 2.11 bits per heavy atom. The molecule has 19 heavy (non-hydrogen) atoms. The Hall–Kier alpha value is -1.85. The van der Waals surface area contributed by atoms with Gasteiger partial charge in [-0.05, 0) is 28.1 Å². The van der Waals surface area contributed by atoms with Crippen LogP contribution in [0, 0.1) is 11.3 Å². The van der Waals surface area contributed by atoms with Crippen molar-refractivity contribution in [3.63, 3.8) is 0 Å². The van der Waals surface area contributed by atoms with Gasteiger partial charge in [0.05, 0.1) is 6.20 Å². The normalized spacial score (nSPS) is 11.0. The first kappa shape index (κ1) is 13.6. The lowest BCUT2D eigenvalue weighted by Gasteiger charge is -2.09. The molecule has 2 rings (SSSR count). The number of benzene rings is 1. The summed E-state index contributed by atoms with van der Waals surface area (Å²) in [5, 5.41) is 12.7. The quantitative estimate of drug-likeness (QED) is 0.923. The zero-order valence-corrected chi connectivity index (χ0v) is 12.2. The number of sulfonamides is 1. The highest BCUT2D eigenvalue weighted by molar-refractivity contribution is 9.10. The molecule has 0 unspecified atom stereocenters. The number of aryl methyl sites for hydroxylation is 1. The molecule has 0 aliphatic heterocycles. The Labute approximate surface area is 118 Å². The fraction of sp³-hybridized carbons (Fsp3) is 0.0909. The van der Waals surface area contributed by atoms with Crippen molar-refractivity contribution in [1.82, 2.24) is 9.78 Å². The van der Waals surface area contributed by atoms with E-state index in [0.717, 1.165) is 0 Å². The molecule has 6 nitrogen and oxygen atoms in total. The predicted molar refractivity (Wildman–Crippen MR) is 72.9 cm³/mol. The third-order valence-corrected chi connectivity index (χ3v) is 4.77. The zero-order valence-electron chi connectivity index (χ0n) is 9.83. The van der Waals surface area contributed by atoms with Crippen molar-refractivity contribution in [2.45, 2.75) is 4.90 Å². The largest absolute Gasteiger partial charge is 0.264 e. The van der Waals surface area contributed by atoms with E-state index >= 15 is 0 Å². The predicted octanol–water partition coefficient (Wildman–Crippen LogP) is 1.86. The molecule has 1 aromatic carbocycles. The average Bonchev–Trinajstić information content (AvgIpc) is 2.70. The summed E-state index contributed by atoms with van der Waals surface area (Å²) in [6.45, 7) is 0. The van der Waals surface area contributed by atoms with Gasteiger partial charge in [0.2, 0.25) is 0 Å². The number of nitrogens with one attached hydrogen (secondary N) is 1. The summed E-state index contributed by atoms with van der Waals surface area (Å²) >= 11 is 3.18. The molecular formula is C11H9BrN4O2S. The Morgan fingerprint density at radius 1 is 1.42 bits per heavy atom. The van der Waals surface area contributed by atoms with Gasteiger partial charge in [-0.25, -0.2) is 8.42 Å². The van der Waals surface area contributed by atoms with E-state index in [1.807, 2.05) is 6.07 Å². The third-order valence-electron chi connectivity index (χ3n) is 2.42. The summed E-state index contributed by atoms with van der Waals surface area (Å²) < 4.78 is 28.6. The molecule has 0 spiro atoms. The first-order chi connectivity index (χ1) is 8.95. The average molecular weight is 341 g/mol. The molecule has 0 aliphatic carbocycles. The lowest BCUT2D eigenvalue weighted by Crippen LogP contribution is -2.16. The van der Waals surface area contributed by atoms with Gasteiger partial charge in [-0.3, -0.25) is 9.40 Å². The molecule has 0 saturated carbocycles. The second-order valence-electron chi connectivity index (χ2n) is 3.68. The van der Waals surface area contributed by atoms with E-state index in [0.29, 0.717) is 4.47 Å². The molecule has 0 saturated heterocycles. The van der Waals surface area contributed by atoms with Crippen molar-refractivity contribution in [3.05, 3.63) is 40.5 Å². The minimum atomic E-state index is -3.78. The number of nitrogens with zero attached hydrogens (tertiary/aromatic N) is 3. The van der Waals surface area contributed by atoms with Crippen molar-refractivity contribution >= 4 is 31.8 Å². The van der Waals surface area contributed by atoms with Gasteiger partial charge >= 0.3 is 0 Å². The van der Waals surface area contributed by atoms with Crippen molar-refractivity contribution in [2.75, 3.05) is 4.72 Å². The van der Waals surface area contributed by atoms with Gasteiger partial charge in [-0.15, -0.1) is 0 Å². The minimum absolute atomic E-state index is 0.0973. The van der Waals surface area contributed by atoms with Crippen LogP contribution in [0.1, 0.15) is 5.56 Å². The van der Waals surface area contributed by atoms with Gasteiger partial charge in [0.25, 0.3) is 10.0 Å².